The van der Waals surface area contributed by atoms with Crippen molar-refractivity contribution in [1.29, 1.82) is 0 Å². The van der Waals surface area contributed by atoms with Crippen LogP contribution >= 0.6 is 0 Å². The molecule has 2 aromatic rings. The van der Waals surface area contributed by atoms with Crippen molar-refractivity contribution in [2.24, 2.45) is 11.3 Å². The molecular weight excluding hydrogens is 432 g/mol. The zero-order valence-corrected chi connectivity index (χ0v) is 19.4. The van der Waals surface area contributed by atoms with Gasteiger partial charge in [0.25, 0.3) is 5.69 Å². The predicted octanol–water partition coefficient (Wildman–Crippen LogP) is 4.84. The number of nitro benzene ring substituents is 1. The van der Waals surface area contributed by atoms with Crippen LogP contribution in [0, 0.1) is 21.4 Å². The highest BCUT2D eigenvalue weighted by atomic mass is 16.6. The van der Waals surface area contributed by atoms with Crippen molar-refractivity contribution in [1.82, 2.24) is 5.32 Å². The largest absolute Gasteiger partial charge is 0.465 e. The van der Waals surface area contributed by atoms with Gasteiger partial charge in [0, 0.05) is 47.9 Å². The van der Waals surface area contributed by atoms with Crippen molar-refractivity contribution in [2.75, 3.05) is 6.61 Å². The summed E-state index contributed by atoms with van der Waals surface area (Å²) in [5.41, 5.74) is 2.91. The molecule has 1 heterocycles. The number of allylic oxidation sites excluding steroid dienone is 2. The number of rotatable bonds is 6. The molecule has 0 amide bonds. The number of hydrogen-bond donors (Lipinski definition) is 1. The fourth-order valence-corrected chi connectivity index (χ4v) is 4.92. The fourth-order valence-electron chi connectivity index (χ4n) is 4.92. The molecule has 0 saturated carbocycles. The Morgan fingerprint density at radius 1 is 1.18 bits per heavy atom. The summed E-state index contributed by atoms with van der Waals surface area (Å²) >= 11 is 0. The molecule has 7 nitrogen and oxygen atoms in total. The smallest absolute Gasteiger partial charge is 0.315 e. The maximum Gasteiger partial charge on any atom is 0.315 e. The van der Waals surface area contributed by atoms with E-state index in [1.165, 1.54) is 12.1 Å². The van der Waals surface area contributed by atoms with Crippen LogP contribution < -0.4 is 5.32 Å². The summed E-state index contributed by atoms with van der Waals surface area (Å²) in [7, 11) is 0. The molecule has 176 valence electrons. The Morgan fingerprint density at radius 3 is 2.62 bits per heavy atom. The predicted molar refractivity (Wildman–Crippen MR) is 128 cm³/mol. The number of ether oxygens (including phenoxy) is 1. The van der Waals surface area contributed by atoms with E-state index in [1.54, 1.807) is 12.1 Å². The van der Waals surface area contributed by atoms with E-state index < -0.39 is 22.7 Å². The minimum atomic E-state index is -0.873. The van der Waals surface area contributed by atoms with Crippen LogP contribution in [0.1, 0.15) is 43.7 Å². The van der Waals surface area contributed by atoms with Crippen molar-refractivity contribution >= 4 is 17.4 Å². The van der Waals surface area contributed by atoms with Crippen molar-refractivity contribution in [3.05, 3.63) is 99.4 Å². The van der Waals surface area contributed by atoms with Gasteiger partial charge in [0.1, 0.15) is 5.92 Å². The molecule has 0 bridgehead atoms. The standard InChI is InChI=1S/C27H28N2O5/c1-17-23(26(31)34-13-12-18-8-5-4-6-9-18)24(19-10-7-11-20(14-19)29(32)33)25-21(28-17)15-27(2,3)16-22(25)30/h4-11,14,23-24,28H,1,12-13,15-16H2,2-3H3. The van der Waals surface area contributed by atoms with E-state index in [0.717, 1.165) is 11.3 Å². The summed E-state index contributed by atoms with van der Waals surface area (Å²) in [5.74, 6) is -2.14. The lowest BCUT2D eigenvalue weighted by molar-refractivity contribution is -0.384. The third kappa shape index (κ3) is 4.78. The second kappa shape index (κ2) is 9.25. The van der Waals surface area contributed by atoms with Gasteiger partial charge < -0.3 is 10.1 Å². The first-order valence-corrected chi connectivity index (χ1v) is 11.3. The van der Waals surface area contributed by atoms with Gasteiger partial charge in [-0.25, -0.2) is 0 Å². The van der Waals surface area contributed by atoms with Crippen LogP contribution in [0.4, 0.5) is 5.69 Å². The molecule has 1 N–H and O–H groups in total. The Morgan fingerprint density at radius 2 is 1.91 bits per heavy atom. The number of non-ortho nitro benzene ring substituents is 1. The molecule has 0 spiro atoms. The zero-order valence-electron chi connectivity index (χ0n) is 19.4. The monoisotopic (exact) mass is 460 g/mol. The molecule has 2 aliphatic rings. The fraction of sp³-hybridized carbons (Fsp3) is 0.333. The second-order valence-electron chi connectivity index (χ2n) is 9.69. The van der Waals surface area contributed by atoms with E-state index in [9.17, 15) is 19.7 Å². The SMILES string of the molecule is C=C1NC2=C(C(=O)CC(C)(C)C2)C(c2cccc([N+](=O)[O-])c2)C1C(=O)OCCc1ccccc1. The summed E-state index contributed by atoms with van der Waals surface area (Å²) in [6.07, 6.45) is 1.51. The van der Waals surface area contributed by atoms with Gasteiger partial charge in [-0.2, -0.15) is 0 Å². The molecule has 0 radical (unpaired) electrons. The molecule has 4 rings (SSSR count). The Bertz CT molecular complexity index is 1180. The lowest BCUT2D eigenvalue weighted by Gasteiger charge is -2.42. The third-order valence-electron chi connectivity index (χ3n) is 6.42. The summed E-state index contributed by atoms with van der Waals surface area (Å²) in [4.78, 5) is 37.6. The summed E-state index contributed by atoms with van der Waals surface area (Å²) in [6, 6.07) is 15.8. The van der Waals surface area contributed by atoms with E-state index in [2.05, 4.69) is 11.9 Å². The molecule has 2 unspecified atom stereocenters. The van der Waals surface area contributed by atoms with Gasteiger partial charge in [-0.05, 0) is 23.0 Å². The van der Waals surface area contributed by atoms with Crippen LogP contribution in [0.25, 0.3) is 0 Å². The maximum absolute atomic E-state index is 13.3. The third-order valence-corrected chi connectivity index (χ3v) is 6.42. The number of Topliss-reactive ketones (excluding diaryl/α,β-unsaturated/α-hetero) is 1. The van der Waals surface area contributed by atoms with Crippen molar-refractivity contribution in [3.8, 4) is 0 Å². The Labute approximate surface area is 198 Å². The summed E-state index contributed by atoms with van der Waals surface area (Å²) in [6.45, 7) is 8.31. The number of ketones is 1. The summed E-state index contributed by atoms with van der Waals surface area (Å²) in [5, 5.41) is 14.6. The van der Waals surface area contributed by atoms with Crippen LogP contribution in [0.15, 0.2) is 78.1 Å². The zero-order chi connectivity index (χ0) is 24.5. The molecule has 1 aliphatic heterocycles. The van der Waals surface area contributed by atoms with Crippen molar-refractivity contribution in [3.63, 3.8) is 0 Å². The molecule has 2 atom stereocenters. The number of esters is 1. The van der Waals surface area contributed by atoms with Crippen LogP contribution in [-0.4, -0.2) is 23.3 Å². The topological polar surface area (TPSA) is 98.5 Å². The van der Waals surface area contributed by atoms with Crippen LogP contribution in [-0.2, 0) is 20.7 Å². The lowest BCUT2D eigenvalue weighted by atomic mass is 9.66. The van der Waals surface area contributed by atoms with E-state index in [0.29, 0.717) is 36.1 Å². The van der Waals surface area contributed by atoms with Crippen LogP contribution in [0.3, 0.4) is 0 Å². The molecule has 7 heteroatoms. The van der Waals surface area contributed by atoms with Gasteiger partial charge in [0.2, 0.25) is 0 Å². The van der Waals surface area contributed by atoms with E-state index in [1.807, 2.05) is 44.2 Å². The normalized spacial score (nSPS) is 21.5. The second-order valence-corrected chi connectivity index (χ2v) is 9.69. The molecule has 1 aliphatic carbocycles. The van der Waals surface area contributed by atoms with Crippen molar-refractivity contribution < 1.29 is 19.2 Å². The van der Waals surface area contributed by atoms with Gasteiger partial charge in [0.15, 0.2) is 5.78 Å². The molecule has 0 saturated heterocycles. The first-order chi connectivity index (χ1) is 16.2. The van der Waals surface area contributed by atoms with Gasteiger partial charge in [0.05, 0.1) is 11.5 Å². The minimum Gasteiger partial charge on any atom is -0.465 e. The molecule has 2 aromatic carbocycles. The van der Waals surface area contributed by atoms with E-state index in [-0.39, 0.29) is 23.5 Å². The highest BCUT2D eigenvalue weighted by molar-refractivity contribution is 6.00. The molecule has 0 fully saturated rings. The van der Waals surface area contributed by atoms with E-state index in [4.69, 9.17) is 4.74 Å². The summed E-state index contributed by atoms with van der Waals surface area (Å²) < 4.78 is 5.63. The number of carbonyl (C=O) groups is 2. The quantitative estimate of drug-likeness (QED) is 0.376. The number of carbonyl (C=O) groups excluding carboxylic acids is 2. The Balaban J connectivity index is 1.69. The Hall–Kier alpha value is -3.74. The lowest BCUT2D eigenvalue weighted by Crippen LogP contribution is -2.43. The maximum atomic E-state index is 13.3. The van der Waals surface area contributed by atoms with Crippen molar-refractivity contribution in [2.45, 2.75) is 39.0 Å². The molecule has 0 aromatic heterocycles. The average Bonchev–Trinajstić information content (AvgIpc) is 2.78. The first-order valence-electron chi connectivity index (χ1n) is 11.3. The molecular formula is C27H28N2O5. The Kier molecular flexibility index (Phi) is 6.37. The number of benzene rings is 2. The average molecular weight is 461 g/mol. The highest BCUT2D eigenvalue weighted by Gasteiger charge is 2.47. The number of hydrogen-bond acceptors (Lipinski definition) is 6. The number of nitro groups is 1. The van der Waals surface area contributed by atoms with Gasteiger partial charge in [-0.3, -0.25) is 19.7 Å². The van der Waals surface area contributed by atoms with Gasteiger partial charge in [-0.1, -0.05) is 62.9 Å². The first kappa shape index (κ1) is 23.4. The van der Waals surface area contributed by atoms with E-state index >= 15 is 0 Å². The van der Waals surface area contributed by atoms with Crippen LogP contribution in [0.2, 0.25) is 0 Å². The molecule has 34 heavy (non-hydrogen) atoms. The van der Waals surface area contributed by atoms with Gasteiger partial charge in [-0.15, -0.1) is 0 Å². The van der Waals surface area contributed by atoms with Gasteiger partial charge >= 0.3 is 5.97 Å². The minimum absolute atomic E-state index is 0.0650. The van der Waals surface area contributed by atoms with Crippen LogP contribution in [0.5, 0.6) is 0 Å². The number of nitrogens with zero attached hydrogens (tertiary/aromatic N) is 1. The highest BCUT2D eigenvalue weighted by Crippen LogP contribution is 2.48. The number of nitrogens with one attached hydrogen (secondary N) is 1.